The minimum absolute atomic E-state index is 0.0432. The van der Waals surface area contributed by atoms with Gasteiger partial charge in [-0.1, -0.05) is 20.3 Å². The molecule has 1 aromatic heterocycles. The third-order valence-corrected chi connectivity index (χ3v) is 3.80. The number of nitro groups is 1. The Morgan fingerprint density at radius 1 is 1.56 bits per heavy atom. The molecule has 6 heteroatoms. The molecule has 1 aliphatic rings. The van der Waals surface area contributed by atoms with E-state index in [0.29, 0.717) is 5.69 Å². The average Bonchev–Trinajstić information content (AvgIpc) is 2.52. The summed E-state index contributed by atoms with van der Waals surface area (Å²) in [4.78, 5) is 10.5. The molecule has 1 aliphatic carbocycles. The van der Waals surface area contributed by atoms with E-state index in [1.165, 1.54) is 6.42 Å². The van der Waals surface area contributed by atoms with Crippen LogP contribution in [0.25, 0.3) is 0 Å². The molecule has 1 unspecified atom stereocenters. The van der Waals surface area contributed by atoms with E-state index in [-0.39, 0.29) is 23.0 Å². The molecule has 6 nitrogen and oxygen atoms in total. The highest BCUT2D eigenvalue weighted by atomic mass is 16.6. The van der Waals surface area contributed by atoms with Gasteiger partial charge in [-0.15, -0.1) is 0 Å². The first-order valence-electron chi connectivity index (χ1n) is 6.31. The Kier molecular flexibility index (Phi) is 3.04. The van der Waals surface area contributed by atoms with Crippen molar-refractivity contribution < 1.29 is 4.92 Å². The maximum atomic E-state index is 10.9. The van der Waals surface area contributed by atoms with E-state index >= 15 is 0 Å². The molecule has 0 aliphatic heterocycles. The average molecular weight is 252 g/mol. The van der Waals surface area contributed by atoms with Gasteiger partial charge in [0, 0.05) is 0 Å². The third kappa shape index (κ3) is 2.19. The summed E-state index contributed by atoms with van der Waals surface area (Å²) in [6.45, 7) is 6.08. The fourth-order valence-corrected chi connectivity index (χ4v) is 2.93. The van der Waals surface area contributed by atoms with Crippen molar-refractivity contribution in [2.24, 2.45) is 5.41 Å². The lowest BCUT2D eigenvalue weighted by atomic mass is 9.75. The minimum atomic E-state index is -0.442. The number of anilines is 1. The van der Waals surface area contributed by atoms with Crippen molar-refractivity contribution in [2.75, 3.05) is 5.73 Å². The summed E-state index contributed by atoms with van der Waals surface area (Å²) in [6, 6.07) is 0.182. The summed E-state index contributed by atoms with van der Waals surface area (Å²) in [5, 5.41) is 15.2. The molecule has 100 valence electrons. The standard InChI is InChI=1S/C12H20N4O2/c1-8-10(16(17)18)11(13)15(14-8)9-5-4-6-12(2,3)7-9/h9H,4-7,13H2,1-3H3. The van der Waals surface area contributed by atoms with E-state index in [2.05, 4.69) is 18.9 Å². The van der Waals surface area contributed by atoms with Crippen LogP contribution in [0.3, 0.4) is 0 Å². The maximum Gasteiger partial charge on any atom is 0.333 e. The van der Waals surface area contributed by atoms with Crippen molar-refractivity contribution >= 4 is 11.5 Å². The monoisotopic (exact) mass is 252 g/mol. The van der Waals surface area contributed by atoms with Crippen molar-refractivity contribution in [3.05, 3.63) is 15.8 Å². The predicted molar refractivity (Wildman–Crippen MR) is 69.3 cm³/mol. The van der Waals surface area contributed by atoms with Gasteiger partial charge < -0.3 is 5.73 Å². The zero-order valence-corrected chi connectivity index (χ0v) is 11.1. The second-order valence-electron chi connectivity index (χ2n) is 5.94. The molecular formula is C12H20N4O2. The summed E-state index contributed by atoms with van der Waals surface area (Å²) in [7, 11) is 0. The van der Waals surface area contributed by atoms with Gasteiger partial charge >= 0.3 is 5.69 Å². The summed E-state index contributed by atoms with van der Waals surface area (Å²) in [5.74, 6) is 0.195. The Morgan fingerprint density at radius 3 is 2.72 bits per heavy atom. The van der Waals surface area contributed by atoms with Crippen LogP contribution in [0.5, 0.6) is 0 Å². The van der Waals surface area contributed by atoms with Crippen LogP contribution >= 0.6 is 0 Å². The number of nitrogen functional groups attached to an aromatic ring is 1. The summed E-state index contributed by atoms with van der Waals surface area (Å²) < 4.78 is 1.66. The lowest BCUT2D eigenvalue weighted by Crippen LogP contribution is -2.26. The molecule has 1 heterocycles. The van der Waals surface area contributed by atoms with Gasteiger partial charge in [-0.05, 0) is 31.6 Å². The smallest absolute Gasteiger partial charge is 0.333 e. The highest BCUT2D eigenvalue weighted by molar-refractivity contribution is 5.56. The first-order valence-corrected chi connectivity index (χ1v) is 6.31. The SMILES string of the molecule is Cc1nn(C2CCCC(C)(C)C2)c(N)c1[N+](=O)[O-]. The van der Waals surface area contributed by atoms with Crippen molar-refractivity contribution in [1.82, 2.24) is 9.78 Å². The zero-order chi connectivity index (χ0) is 13.5. The number of hydrogen-bond donors (Lipinski definition) is 1. The fourth-order valence-electron chi connectivity index (χ4n) is 2.93. The molecule has 18 heavy (non-hydrogen) atoms. The van der Waals surface area contributed by atoms with E-state index < -0.39 is 4.92 Å². The van der Waals surface area contributed by atoms with Gasteiger partial charge in [0.05, 0.1) is 11.0 Å². The molecule has 1 saturated carbocycles. The Labute approximate surface area is 106 Å². The number of nitrogens with zero attached hydrogens (tertiary/aromatic N) is 3. The van der Waals surface area contributed by atoms with Crippen LogP contribution in [-0.2, 0) is 0 Å². The van der Waals surface area contributed by atoms with Gasteiger partial charge in [-0.25, -0.2) is 4.68 Å². The van der Waals surface area contributed by atoms with Crippen molar-refractivity contribution in [1.29, 1.82) is 0 Å². The van der Waals surface area contributed by atoms with E-state index in [0.717, 1.165) is 19.3 Å². The Bertz CT molecular complexity index is 479. The van der Waals surface area contributed by atoms with Gasteiger partial charge in [0.1, 0.15) is 5.69 Å². The Balaban J connectivity index is 2.34. The Hall–Kier alpha value is -1.59. The van der Waals surface area contributed by atoms with E-state index in [4.69, 9.17) is 5.73 Å². The number of hydrogen-bond acceptors (Lipinski definition) is 4. The molecule has 1 aromatic rings. The van der Waals surface area contributed by atoms with Crippen LogP contribution in [0.2, 0.25) is 0 Å². The van der Waals surface area contributed by atoms with Crippen molar-refractivity contribution in [2.45, 2.75) is 52.5 Å². The van der Waals surface area contributed by atoms with Crippen LogP contribution in [0.4, 0.5) is 11.5 Å². The van der Waals surface area contributed by atoms with Crippen molar-refractivity contribution in [3.8, 4) is 0 Å². The number of aryl methyl sites for hydroxylation is 1. The molecule has 0 spiro atoms. The second-order valence-corrected chi connectivity index (χ2v) is 5.94. The second kappa shape index (κ2) is 4.26. The number of aromatic nitrogens is 2. The fraction of sp³-hybridized carbons (Fsp3) is 0.750. The summed E-state index contributed by atoms with van der Waals surface area (Å²) >= 11 is 0. The predicted octanol–water partition coefficient (Wildman–Crippen LogP) is 2.82. The zero-order valence-electron chi connectivity index (χ0n) is 11.1. The molecule has 1 fully saturated rings. The quantitative estimate of drug-likeness (QED) is 0.647. The largest absolute Gasteiger partial charge is 0.378 e. The van der Waals surface area contributed by atoms with E-state index in [1.807, 2.05) is 0 Å². The lowest BCUT2D eigenvalue weighted by Gasteiger charge is -2.35. The van der Waals surface area contributed by atoms with Crippen LogP contribution in [0.1, 0.15) is 51.3 Å². The topological polar surface area (TPSA) is 87.0 Å². The van der Waals surface area contributed by atoms with Crippen LogP contribution in [0.15, 0.2) is 0 Å². The first-order chi connectivity index (χ1) is 8.32. The molecule has 0 saturated heterocycles. The maximum absolute atomic E-state index is 10.9. The van der Waals surface area contributed by atoms with E-state index in [1.54, 1.807) is 11.6 Å². The molecule has 0 radical (unpaired) electrons. The van der Waals surface area contributed by atoms with Crippen molar-refractivity contribution in [3.63, 3.8) is 0 Å². The third-order valence-electron chi connectivity index (χ3n) is 3.80. The molecule has 0 amide bonds. The summed E-state index contributed by atoms with van der Waals surface area (Å²) in [6.07, 6.45) is 4.26. The highest BCUT2D eigenvalue weighted by Gasteiger charge is 2.33. The molecule has 0 aromatic carbocycles. The minimum Gasteiger partial charge on any atom is -0.378 e. The highest BCUT2D eigenvalue weighted by Crippen LogP contribution is 2.42. The molecular weight excluding hydrogens is 232 g/mol. The van der Waals surface area contributed by atoms with Gasteiger partial charge in [-0.3, -0.25) is 10.1 Å². The Morgan fingerprint density at radius 2 is 2.22 bits per heavy atom. The number of nitrogens with two attached hydrogens (primary N) is 1. The van der Waals surface area contributed by atoms with Crippen LogP contribution in [0, 0.1) is 22.5 Å². The van der Waals surface area contributed by atoms with Crippen LogP contribution in [-0.4, -0.2) is 14.7 Å². The summed E-state index contributed by atoms with van der Waals surface area (Å²) in [5.41, 5.74) is 6.50. The lowest BCUT2D eigenvalue weighted by molar-refractivity contribution is -0.384. The molecule has 1 atom stereocenters. The first kappa shape index (κ1) is 12.9. The van der Waals surface area contributed by atoms with Gasteiger partial charge in [-0.2, -0.15) is 5.10 Å². The molecule has 2 N–H and O–H groups in total. The number of rotatable bonds is 2. The van der Waals surface area contributed by atoms with E-state index in [9.17, 15) is 10.1 Å². The molecule has 2 rings (SSSR count). The molecule has 0 bridgehead atoms. The van der Waals surface area contributed by atoms with Gasteiger partial charge in [0.15, 0.2) is 0 Å². The normalized spacial score (nSPS) is 22.9. The van der Waals surface area contributed by atoms with Gasteiger partial charge in [0.25, 0.3) is 0 Å². The van der Waals surface area contributed by atoms with Gasteiger partial charge in [0.2, 0.25) is 5.82 Å². The van der Waals surface area contributed by atoms with Crippen LogP contribution < -0.4 is 5.73 Å².